The smallest absolute Gasteiger partial charge is 0.361 e. The summed E-state index contributed by atoms with van der Waals surface area (Å²) in [5, 5.41) is 6.94. The molecule has 35 heavy (non-hydrogen) atoms. The molecule has 1 saturated heterocycles. The van der Waals surface area contributed by atoms with Gasteiger partial charge in [-0.25, -0.2) is 4.98 Å². The fourth-order valence-electron chi connectivity index (χ4n) is 5.22. The Morgan fingerprint density at radius 1 is 1.11 bits per heavy atom. The van der Waals surface area contributed by atoms with Crippen molar-refractivity contribution in [2.75, 3.05) is 23.3 Å². The number of nitrogens with one attached hydrogen (secondary N) is 2. The van der Waals surface area contributed by atoms with Crippen molar-refractivity contribution in [1.29, 1.82) is 0 Å². The summed E-state index contributed by atoms with van der Waals surface area (Å²) >= 11 is 11.6. The molecule has 0 unspecified atom stereocenters. The second kappa shape index (κ2) is 10.9. The van der Waals surface area contributed by atoms with Gasteiger partial charge in [-0.05, 0) is 68.9 Å². The van der Waals surface area contributed by atoms with Gasteiger partial charge in [0.1, 0.15) is 5.82 Å². The fourth-order valence-corrected chi connectivity index (χ4v) is 5.51. The normalized spacial score (nSPS) is 20.4. The van der Waals surface area contributed by atoms with Gasteiger partial charge in [0.15, 0.2) is 10.8 Å². The van der Waals surface area contributed by atoms with Crippen molar-refractivity contribution >= 4 is 40.7 Å². The fraction of sp³-hybridized carbons (Fsp3) is 0.560. The third-order valence-corrected chi connectivity index (χ3v) is 7.68. The molecule has 2 heterocycles. The minimum atomic E-state index is -4.58. The number of halogens is 4. The standard InChI is InChI=1S/C25H31ClF3N5S/c1-17-7-3-6-14-34(17)21-15-20(25(27,28)29)31-22(32-21)33-23(35)30-16-24(12-4-2-5-13-24)18-8-10-19(26)11-9-18/h8-11,15,17H,2-7,12-14,16H2,1H3,(H2,30,31,32,33,35)/t17-/m0/s1. The first-order valence-electron chi connectivity index (χ1n) is 12.2. The number of piperidine rings is 1. The van der Waals surface area contributed by atoms with Crippen LogP contribution in [0.15, 0.2) is 30.3 Å². The molecule has 1 saturated carbocycles. The van der Waals surface area contributed by atoms with Crippen LogP contribution < -0.4 is 15.5 Å². The molecule has 5 nitrogen and oxygen atoms in total. The van der Waals surface area contributed by atoms with E-state index in [4.69, 9.17) is 23.8 Å². The topological polar surface area (TPSA) is 53.1 Å². The minimum Gasteiger partial charge on any atom is -0.361 e. The van der Waals surface area contributed by atoms with Crippen LogP contribution >= 0.6 is 23.8 Å². The van der Waals surface area contributed by atoms with Gasteiger partial charge in [-0.3, -0.25) is 0 Å². The van der Waals surface area contributed by atoms with E-state index in [0.717, 1.165) is 51.0 Å². The number of benzene rings is 1. The number of hydrogen-bond donors (Lipinski definition) is 2. The lowest BCUT2D eigenvalue weighted by atomic mass is 9.69. The number of aromatic nitrogens is 2. The number of alkyl halides is 3. The Labute approximate surface area is 214 Å². The van der Waals surface area contributed by atoms with E-state index in [9.17, 15) is 13.2 Å². The zero-order valence-electron chi connectivity index (χ0n) is 19.8. The van der Waals surface area contributed by atoms with Crippen LogP contribution in [-0.4, -0.2) is 34.2 Å². The highest BCUT2D eigenvalue weighted by Crippen LogP contribution is 2.39. The molecule has 2 aliphatic rings. The molecule has 10 heteroatoms. The molecule has 1 aliphatic heterocycles. The molecule has 1 aliphatic carbocycles. The molecule has 0 spiro atoms. The molecular formula is C25H31ClF3N5S. The lowest BCUT2D eigenvalue weighted by Crippen LogP contribution is -2.43. The van der Waals surface area contributed by atoms with Crippen molar-refractivity contribution in [3.63, 3.8) is 0 Å². The van der Waals surface area contributed by atoms with E-state index < -0.39 is 11.9 Å². The highest BCUT2D eigenvalue weighted by Gasteiger charge is 2.36. The average Bonchev–Trinajstić information content (AvgIpc) is 2.83. The largest absolute Gasteiger partial charge is 0.433 e. The molecule has 1 atom stereocenters. The van der Waals surface area contributed by atoms with Gasteiger partial charge in [0, 0.05) is 35.6 Å². The molecule has 0 bridgehead atoms. The maximum Gasteiger partial charge on any atom is 0.433 e. The predicted octanol–water partition coefficient (Wildman–Crippen LogP) is 6.72. The lowest BCUT2D eigenvalue weighted by molar-refractivity contribution is -0.141. The third-order valence-electron chi connectivity index (χ3n) is 7.18. The zero-order valence-corrected chi connectivity index (χ0v) is 21.4. The van der Waals surface area contributed by atoms with Crippen LogP contribution in [0.5, 0.6) is 0 Å². The van der Waals surface area contributed by atoms with Gasteiger partial charge in [0.25, 0.3) is 0 Å². The number of nitrogens with zero attached hydrogens (tertiary/aromatic N) is 3. The Kier molecular flexibility index (Phi) is 8.06. The van der Waals surface area contributed by atoms with E-state index in [1.165, 1.54) is 12.0 Å². The van der Waals surface area contributed by atoms with Gasteiger partial charge in [0.05, 0.1) is 0 Å². The predicted molar refractivity (Wildman–Crippen MR) is 138 cm³/mol. The second-order valence-corrected chi connectivity index (χ2v) is 10.5. The highest BCUT2D eigenvalue weighted by molar-refractivity contribution is 7.80. The number of hydrogen-bond acceptors (Lipinski definition) is 4. The van der Waals surface area contributed by atoms with Gasteiger partial charge in [0.2, 0.25) is 5.95 Å². The summed E-state index contributed by atoms with van der Waals surface area (Å²) in [5.74, 6) is 0.129. The number of thiocarbonyl (C=S) groups is 1. The van der Waals surface area contributed by atoms with E-state index in [1.807, 2.05) is 36.1 Å². The van der Waals surface area contributed by atoms with Crippen LogP contribution in [0.3, 0.4) is 0 Å². The first-order chi connectivity index (χ1) is 16.7. The van der Waals surface area contributed by atoms with Crippen LogP contribution in [0.2, 0.25) is 5.02 Å². The van der Waals surface area contributed by atoms with Gasteiger partial charge in [-0.2, -0.15) is 18.2 Å². The minimum absolute atomic E-state index is 0.113. The molecule has 2 aromatic rings. The van der Waals surface area contributed by atoms with Crippen molar-refractivity contribution < 1.29 is 13.2 Å². The summed E-state index contributed by atoms with van der Waals surface area (Å²) in [7, 11) is 0. The summed E-state index contributed by atoms with van der Waals surface area (Å²) in [6.45, 7) is 3.24. The summed E-state index contributed by atoms with van der Waals surface area (Å²) in [6, 6.07) is 9.03. The molecule has 0 amide bonds. The van der Waals surface area contributed by atoms with Crippen LogP contribution in [0.4, 0.5) is 24.9 Å². The molecule has 2 N–H and O–H groups in total. The molecular weight excluding hydrogens is 495 g/mol. The Morgan fingerprint density at radius 2 is 1.83 bits per heavy atom. The SMILES string of the molecule is C[C@H]1CCCCN1c1cc(C(F)(F)F)nc(NC(=S)NCC2(c3ccc(Cl)cc3)CCCCC2)n1. The maximum absolute atomic E-state index is 13.6. The monoisotopic (exact) mass is 525 g/mol. The van der Waals surface area contributed by atoms with Gasteiger partial charge >= 0.3 is 6.18 Å². The third kappa shape index (κ3) is 6.36. The van der Waals surface area contributed by atoms with Crippen molar-refractivity contribution in [1.82, 2.24) is 15.3 Å². The molecule has 2 fully saturated rings. The van der Waals surface area contributed by atoms with Crippen LogP contribution in [0.25, 0.3) is 0 Å². The van der Waals surface area contributed by atoms with Gasteiger partial charge in [-0.1, -0.05) is 43.0 Å². The second-order valence-electron chi connectivity index (χ2n) is 9.63. The van der Waals surface area contributed by atoms with E-state index in [0.29, 0.717) is 18.1 Å². The molecule has 4 rings (SSSR count). The molecule has 1 aromatic heterocycles. The summed E-state index contributed by atoms with van der Waals surface area (Å²) < 4.78 is 40.8. The van der Waals surface area contributed by atoms with E-state index in [2.05, 4.69) is 20.6 Å². The van der Waals surface area contributed by atoms with Crippen molar-refractivity contribution in [3.8, 4) is 0 Å². The maximum atomic E-state index is 13.6. The first-order valence-corrected chi connectivity index (χ1v) is 13.0. The summed E-state index contributed by atoms with van der Waals surface area (Å²) in [6.07, 6.45) is 3.73. The van der Waals surface area contributed by atoms with E-state index in [1.54, 1.807) is 0 Å². The Morgan fingerprint density at radius 3 is 2.49 bits per heavy atom. The van der Waals surface area contributed by atoms with E-state index >= 15 is 0 Å². The van der Waals surface area contributed by atoms with Crippen molar-refractivity contribution in [2.45, 2.75) is 75.9 Å². The van der Waals surface area contributed by atoms with Crippen LogP contribution in [0.1, 0.15) is 69.5 Å². The zero-order chi connectivity index (χ0) is 25.1. The van der Waals surface area contributed by atoms with Gasteiger partial charge in [-0.15, -0.1) is 0 Å². The van der Waals surface area contributed by atoms with Crippen LogP contribution in [-0.2, 0) is 11.6 Å². The van der Waals surface area contributed by atoms with E-state index in [-0.39, 0.29) is 28.3 Å². The summed E-state index contributed by atoms with van der Waals surface area (Å²) in [5.41, 5.74) is 0.0987. The van der Waals surface area contributed by atoms with Crippen molar-refractivity contribution in [2.24, 2.45) is 0 Å². The lowest BCUT2D eigenvalue weighted by Gasteiger charge is -2.38. The highest BCUT2D eigenvalue weighted by atomic mass is 35.5. The van der Waals surface area contributed by atoms with Crippen LogP contribution in [0, 0.1) is 0 Å². The number of anilines is 2. The Hall–Kier alpha value is -2.13. The Bertz CT molecular complexity index is 1020. The summed E-state index contributed by atoms with van der Waals surface area (Å²) in [4.78, 5) is 10.0. The molecule has 190 valence electrons. The average molecular weight is 526 g/mol. The molecule has 1 aromatic carbocycles. The molecule has 0 radical (unpaired) electrons. The van der Waals surface area contributed by atoms with Crippen molar-refractivity contribution in [3.05, 3.63) is 46.6 Å². The first kappa shape index (κ1) is 25.9. The number of rotatable bonds is 5. The van der Waals surface area contributed by atoms with Gasteiger partial charge < -0.3 is 15.5 Å². The quantitative estimate of drug-likeness (QED) is 0.423. The Balaban J connectivity index is 1.51.